The summed E-state index contributed by atoms with van der Waals surface area (Å²) in [5.74, 6) is 0.543. The smallest absolute Gasteiger partial charge is 0.257 e. The van der Waals surface area contributed by atoms with E-state index in [0.717, 1.165) is 18.7 Å². The lowest BCUT2D eigenvalue weighted by Gasteiger charge is -2.06. The molecule has 1 amide bonds. The summed E-state index contributed by atoms with van der Waals surface area (Å²) in [6, 6.07) is 3.43. The van der Waals surface area contributed by atoms with Crippen molar-refractivity contribution in [3.63, 3.8) is 0 Å². The Labute approximate surface area is 116 Å². The third-order valence-electron chi connectivity index (χ3n) is 2.42. The minimum absolute atomic E-state index is 0.170. The monoisotopic (exact) mass is 276 g/mol. The zero-order valence-corrected chi connectivity index (χ0v) is 11.8. The number of carbonyl (C=O) groups is 1. The first-order valence-corrected chi connectivity index (χ1v) is 7.00. The van der Waals surface area contributed by atoms with Crippen LogP contribution < -0.4 is 10.6 Å². The van der Waals surface area contributed by atoms with Crippen LogP contribution in [-0.4, -0.2) is 22.4 Å². The Bertz CT molecular complexity index is 567. The molecule has 0 aromatic carbocycles. The summed E-state index contributed by atoms with van der Waals surface area (Å²) in [6.07, 6.45) is 2.64. The summed E-state index contributed by atoms with van der Waals surface area (Å²) in [6.45, 7) is 4.81. The molecule has 19 heavy (non-hydrogen) atoms. The summed E-state index contributed by atoms with van der Waals surface area (Å²) in [4.78, 5) is 20.4. The molecule has 0 aliphatic heterocycles. The van der Waals surface area contributed by atoms with Gasteiger partial charge < -0.3 is 5.32 Å². The van der Waals surface area contributed by atoms with Crippen molar-refractivity contribution >= 4 is 28.2 Å². The molecule has 2 N–H and O–H groups in total. The molecule has 2 heterocycles. The van der Waals surface area contributed by atoms with E-state index in [9.17, 15) is 4.79 Å². The van der Waals surface area contributed by atoms with Gasteiger partial charge in [-0.2, -0.15) is 0 Å². The van der Waals surface area contributed by atoms with Crippen LogP contribution in [-0.2, 0) is 0 Å². The molecule has 2 aromatic heterocycles. The van der Waals surface area contributed by atoms with Crippen LogP contribution in [0.3, 0.4) is 0 Å². The predicted octanol–water partition coefficient (Wildman–Crippen LogP) is 2.92. The Balaban J connectivity index is 2.06. The molecule has 0 spiro atoms. The molecule has 0 unspecified atom stereocenters. The van der Waals surface area contributed by atoms with Crippen LogP contribution in [0.25, 0.3) is 0 Å². The van der Waals surface area contributed by atoms with E-state index in [0.29, 0.717) is 16.5 Å². The minimum Gasteiger partial charge on any atom is -0.370 e. The lowest BCUT2D eigenvalue weighted by molar-refractivity contribution is 0.102. The molecule has 0 bridgehead atoms. The average molecular weight is 276 g/mol. The fraction of sp³-hybridized carbons (Fsp3) is 0.308. The third-order valence-corrected chi connectivity index (χ3v) is 3.29. The first kappa shape index (κ1) is 13.5. The van der Waals surface area contributed by atoms with Gasteiger partial charge in [0.15, 0.2) is 5.13 Å². The number of carbonyl (C=O) groups excluding carboxylic acids is 1. The summed E-state index contributed by atoms with van der Waals surface area (Å²) in [5.41, 5.74) is 1.47. The number of amides is 1. The minimum atomic E-state index is -0.170. The van der Waals surface area contributed by atoms with Gasteiger partial charge in [0.05, 0.1) is 5.69 Å². The molecule has 0 saturated carbocycles. The van der Waals surface area contributed by atoms with Crippen molar-refractivity contribution in [2.24, 2.45) is 0 Å². The van der Waals surface area contributed by atoms with E-state index in [1.807, 2.05) is 12.3 Å². The molecule has 0 aliphatic rings. The molecule has 100 valence electrons. The Hall–Kier alpha value is -1.95. The molecule has 0 fully saturated rings. The van der Waals surface area contributed by atoms with Gasteiger partial charge in [0.2, 0.25) is 0 Å². The molecule has 0 atom stereocenters. The van der Waals surface area contributed by atoms with Crippen LogP contribution in [0.2, 0.25) is 0 Å². The van der Waals surface area contributed by atoms with Crippen molar-refractivity contribution < 1.29 is 4.79 Å². The number of thiazole rings is 1. The Morgan fingerprint density at radius 3 is 3.00 bits per heavy atom. The highest BCUT2D eigenvalue weighted by Gasteiger charge is 2.09. The number of hydrogen-bond acceptors (Lipinski definition) is 5. The molecule has 0 aliphatic carbocycles. The van der Waals surface area contributed by atoms with Gasteiger partial charge >= 0.3 is 0 Å². The van der Waals surface area contributed by atoms with E-state index >= 15 is 0 Å². The molecule has 0 radical (unpaired) electrons. The van der Waals surface area contributed by atoms with Crippen LogP contribution in [0.15, 0.2) is 23.7 Å². The van der Waals surface area contributed by atoms with Crippen LogP contribution in [0.5, 0.6) is 0 Å². The van der Waals surface area contributed by atoms with E-state index in [-0.39, 0.29) is 5.91 Å². The number of hydrogen-bond donors (Lipinski definition) is 2. The first-order chi connectivity index (χ1) is 9.19. The standard InChI is InChI=1S/C13H16N4OS/c1-3-5-14-11-7-10(4-6-15-11)12(18)17-13-16-9(2)8-19-13/h4,6-8H,3,5H2,1-2H3,(H,14,15)(H,16,17,18). The molecule has 2 rings (SSSR count). The summed E-state index contributed by atoms with van der Waals surface area (Å²) >= 11 is 1.42. The fourth-order valence-corrected chi connectivity index (χ4v) is 2.19. The number of anilines is 2. The molecular formula is C13H16N4OS. The quantitative estimate of drug-likeness (QED) is 0.881. The second kappa shape index (κ2) is 6.29. The largest absolute Gasteiger partial charge is 0.370 e. The van der Waals surface area contributed by atoms with E-state index in [4.69, 9.17) is 0 Å². The number of pyridine rings is 1. The third kappa shape index (κ3) is 3.75. The van der Waals surface area contributed by atoms with Crippen LogP contribution in [0.4, 0.5) is 10.9 Å². The number of rotatable bonds is 5. The lowest BCUT2D eigenvalue weighted by Crippen LogP contribution is -2.12. The van der Waals surface area contributed by atoms with Crippen LogP contribution in [0, 0.1) is 6.92 Å². The van der Waals surface area contributed by atoms with Gasteiger partial charge in [-0.3, -0.25) is 10.1 Å². The number of nitrogens with zero attached hydrogens (tertiary/aromatic N) is 2. The Morgan fingerprint density at radius 1 is 1.47 bits per heavy atom. The average Bonchev–Trinajstić information content (AvgIpc) is 2.82. The maximum absolute atomic E-state index is 12.0. The van der Waals surface area contributed by atoms with Crippen molar-refractivity contribution in [1.29, 1.82) is 0 Å². The lowest BCUT2D eigenvalue weighted by atomic mass is 10.2. The molecule has 2 aromatic rings. The zero-order chi connectivity index (χ0) is 13.7. The highest BCUT2D eigenvalue weighted by Crippen LogP contribution is 2.16. The van der Waals surface area contributed by atoms with Crippen LogP contribution >= 0.6 is 11.3 Å². The normalized spacial score (nSPS) is 10.2. The van der Waals surface area contributed by atoms with Crippen molar-refractivity contribution in [3.8, 4) is 0 Å². The van der Waals surface area contributed by atoms with E-state index in [1.165, 1.54) is 11.3 Å². The van der Waals surface area contributed by atoms with Gasteiger partial charge in [0.1, 0.15) is 5.82 Å². The maximum atomic E-state index is 12.0. The van der Waals surface area contributed by atoms with Crippen molar-refractivity contribution in [3.05, 3.63) is 35.0 Å². The van der Waals surface area contributed by atoms with E-state index in [1.54, 1.807) is 18.3 Å². The van der Waals surface area contributed by atoms with Gasteiger partial charge in [-0.15, -0.1) is 11.3 Å². The van der Waals surface area contributed by atoms with E-state index in [2.05, 4.69) is 27.5 Å². The van der Waals surface area contributed by atoms with Crippen molar-refractivity contribution in [2.75, 3.05) is 17.2 Å². The fourth-order valence-electron chi connectivity index (χ4n) is 1.50. The van der Waals surface area contributed by atoms with Gasteiger partial charge in [0.25, 0.3) is 5.91 Å². The summed E-state index contributed by atoms with van der Waals surface area (Å²) < 4.78 is 0. The molecule has 0 saturated heterocycles. The first-order valence-electron chi connectivity index (χ1n) is 6.12. The highest BCUT2D eigenvalue weighted by molar-refractivity contribution is 7.13. The molecule has 6 heteroatoms. The van der Waals surface area contributed by atoms with Gasteiger partial charge in [-0.25, -0.2) is 9.97 Å². The second-order valence-corrected chi connectivity index (χ2v) is 4.96. The molecule has 5 nitrogen and oxygen atoms in total. The van der Waals surface area contributed by atoms with Gasteiger partial charge in [-0.05, 0) is 25.5 Å². The molecular weight excluding hydrogens is 260 g/mol. The van der Waals surface area contributed by atoms with Gasteiger partial charge in [-0.1, -0.05) is 6.92 Å². The maximum Gasteiger partial charge on any atom is 0.257 e. The zero-order valence-electron chi connectivity index (χ0n) is 10.9. The second-order valence-electron chi connectivity index (χ2n) is 4.10. The van der Waals surface area contributed by atoms with E-state index < -0.39 is 0 Å². The van der Waals surface area contributed by atoms with Crippen molar-refractivity contribution in [1.82, 2.24) is 9.97 Å². The Morgan fingerprint density at radius 2 is 2.32 bits per heavy atom. The Kier molecular flexibility index (Phi) is 4.46. The number of nitrogens with one attached hydrogen (secondary N) is 2. The van der Waals surface area contributed by atoms with Crippen molar-refractivity contribution in [2.45, 2.75) is 20.3 Å². The number of aryl methyl sites for hydroxylation is 1. The van der Waals surface area contributed by atoms with Crippen LogP contribution in [0.1, 0.15) is 29.4 Å². The highest BCUT2D eigenvalue weighted by atomic mass is 32.1. The predicted molar refractivity (Wildman–Crippen MR) is 77.8 cm³/mol. The van der Waals surface area contributed by atoms with Gasteiger partial charge in [0, 0.05) is 23.7 Å². The topological polar surface area (TPSA) is 66.9 Å². The summed E-state index contributed by atoms with van der Waals surface area (Å²) in [5, 5.41) is 8.44. The number of aromatic nitrogens is 2. The summed E-state index contributed by atoms with van der Waals surface area (Å²) in [7, 11) is 0. The SMILES string of the molecule is CCCNc1cc(C(=O)Nc2nc(C)cs2)ccn1.